The van der Waals surface area contributed by atoms with Crippen molar-refractivity contribution in [2.24, 2.45) is 0 Å². The second-order valence-electron chi connectivity index (χ2n) is 4.79. The number of hydrogen-bond acceptors (Lipinski definition) is 6. The Morgan fingerprint density at radius 3 is 2.90 bits per heavy atom. The van der Waals surface area contributed by atoms with Crippen molar-refractivity contribution in [1.82, 2.24) is 14.9 Å². The number of aromatic nitrogens is 2. The van der Waals surface area contributed by atoms with Gasteiger partial charge < -0.3 is 10.5 Å². The average molecular weight is 292 g/mol. The molecule has 0 amide bonds. The van der Waals surface area contributed by atoms with Crippen LogP contribution in [-0.2, 0) is 13.0 Å². The van der Waals surface area contributed by atoms with E-state index in [-0.39, 0.29) is 0 Å². The van der Waals surface area contributed by atoms with E-state index < -0.39 is 0 Å². The maximum absolute atomic E-state index is 5.93. The molecule has 2 heterocycles. The predicted molar refractivity (Wildman–Crippen MR) is 81.9 cm³/mol. The molecule has 0 aromatic carbocycles. The summed E-state index contributed by atoms with van der Waals surface area (Å²) in [5.41, 5.74) is 6.77. The van der Waals surface area contributed by atoms with Gasteiger partial charge in [0.25, 0.3) is 0 Å². The monoisotopic (exact) mass is 292 g/mol. The Hall–Kier alpha value is -1.66. The van der Waals surface area contributed by atoms with Crippen LogP contribution in [-0.4, -0.2) is 35.1 Å². The van der Waals surface area contributed by atoms with Gasteiger partial charge in [0.1, 0.15) is 12.1 Å². The molecule has 5 nitrogen and oxygen atoms in total. The molecular formula is C14H20N4OS. The number of ether oxygens (including phenoxy) is 1. The van der Waals surface area contributed by atoms with Crippen LogP contribution < -0.4 is 10.5 Å². The zero-order valence-electron chi connectivity index (χ0n) is 12.0. The van der Waals surface area contributed by atoms with Gasteiger partial charge in [0.15, 0.2) is 0 Å². The van der Waals surface area contributed by atoms with Gasteiger partial charge in [-0.25, -0.2) is 9.97 Å². The maximum atomic E-state index is 5.93. The number of nitrogen functional groups attached to an aromatic ring is 1. The van der Waals surface area contributed by atoms with E-state index in [4.69, 9.17) is 10.5 Å². The molecular weight excluding hydrogens is 272 g/mol. The van der Waals surface area contributed by atoms with Gasteiger partial charge in [-0.2, -0.15) is 0 Å². The molecule has 0 saturated carbocycles. The molecule has 0 bridgehead atoms. The van der Waals surface area contributed by atoms with Crippen molar-refractivity contribution in [3.8, 4) is 5.88 Å². The van der Waals surface area contributed by atoms with E-state index in [0.717, 1.165) is 12.0 Å². The number of methoxy groups -OCH3 is 1. The van der Waals surface area contributed by atoms with Crippen LogP contribution in [0.1, 0.15) is 17.4 Å². The number of hydrogen-bond donors (Lipinski definition) is 1. The van der Waals surface area contributed by atoms with E-state index in [1.54, 1.807) is 18.4 Å². The van der Waals surface area contributed by atoms with E-state index in [1.165, 1.54) is 11.2 Å². The summed E-state index contributed by atoms with van der Waals surface area (Å²) in [4.78, 5) is 11.8. The third-order valence-electron chi connectivity index (χ3n) is 3.37. The molecule has 1 atom stereocenters. The summed E-state index contributed by atoms with van der Waals surface area (Å²) in [5, 5.41) is 2.11. The molecule has 6 heteroatoms. The van der Waals surface area contributed by atoms with Crippen molar-refractivity contribution in [1.29, 1.82) is 0 Å². The average Bonchev–Trinajstić information content (AvgIpc) is 2.93. The Kier molecular flexibility index (Phi) is 4.92. The molecule has 0 spiro atoms. The molecule has 0 fully saturated rings. The van der Waals surface area contributed by atoms with Gasteiger partial charge in [0.05, 0.1) is 12.7 Å². The highest BCUT2D eigenvalue weighted by atomic mass is 32.1. The fraction of sp³-hybridized carbons (Fsp3) is 0.429. The summed E-state index contributed by atoms with van der Waals surface area (Å²) in [6.07, 6.45) is 2.44. The minimum absolute atomic E-state index is 0.401. The first-order chi connectivity index (χ1) is 9.61. The Morgan fingerprint density at radius 2 is 2.25 bits per heavy atom. The Bertz CT molecular complexity index is 544. The number of anilines is 1. The smallest absolute Gasteiger partial charge is 0.222 e. The predicted octanol–water partition coefficient (Wildman–Crippen LogP) is 2.19. The summed E-state index contributed by atoms with van der Waals surface area (Å²) in [6, 6.07) is 4.65. The lowest BCUT2D eigenvalue weighted by Crippen LogP contribution is -2.30. The van der Waals surface area contributed by atoms with Crippen LogP contribution in [0, 0.1) is 0 Å². The van der Waals surface area contributed by atoms with Gasteiger partial charge in [-0.3, -0.25) is 4.90 Å². The molecule has 2 aromatic heterocycles. The fourth-order valence-electron chi connectivity index (χ4n) is 2.01. The van der Waals surface area contributed by atoms with Crippen molar-refractivity contribution >= 4 is 17.2 Å². The lowest BCUT2D eigenvalue weighted by atomic mass is 10.1. The number of nitrogens with two attached hydrogens (primary N) is 1. The zero-order valence-corrected chi connectivity index (χ0v) is 12.9. The number of likely N-dealkylation sites (N-methyl/N-ethyl adjacent to an activating group) is 1. The summed E-state index contributed by atoms with van der Waals surface area (Å²) < 4.78 is 5.26. The lowest BCUT2D eigenvalue weighted by Gasteiger charge is -2.25. The summed E-state index contributed by atoms with van der Waals surface area (Å²) in [6.45, 7) is 2.87. The van der Waals surface area contributed by atoms with Crippen LogP contribution in [0.4, 0.5) is 5.82 Å². The standard InChI is InChI=1S/C14H20N4OS/c1-10(7-11-5-4-6-20-11)18(2)8-12-13(15)16-9-17-14(12)19-3/h4-6,9-10H,7-8H2,1-3H3,(H2,15,16,17)/t10-/m0/s1. The van der Waals surface area contributed by atoms with E-state index >= 15 is 0 Å². The lowest BCUT2D eigenvalue weighted by molar-refractivity contribution is 0.244. The second kappa shape index (κ2) is 6.67. The maximum Gasteiger partial charge on any atom is 0.222 e. The van der Waals surface area contributed by atoms with Crippen molar-refractivity contribution in [2.45, 2.75) is 25.9 Å². The zero-order chi connectivity index (χ0) is 14.5. The van der Waals surface area contributed by atoms with Crippen LogP contribution in [0.15, 0.2) is 23.8 Å². The quantitative estimate of drug-likeness (QED) is 0.884. The van der Waals surface area contributed by atoms with Crippen LogP contribution in [0.2, 0.25) is 0 Å². The molecule has 0 saturated heterocycles. The molecule has 2 rings (SSSR count). The molecule has 108 valence electrons. The van der Waals surface area contributed by atoms with E-state index in [1.807, 2.05) is 0 Å². The molecule has 0 radical (unpaired) electrons. The van der Waals surface area contributed by atoms with Gasteiger partial charge in [-0.15, -0.1) is 11.3 Å². The Morgan fingerprint density at radius 1 is 1.45 bits per heavy atom. The molecule has 2 N–H and O–H groups in total. The summed E-state index contributed by atoms with van der Waals surface area (Å²) in [5.74, 6) is 1.03. The Balaban J connectivity index is 2.05. The third-order valence-corrected chi connectivity index (χ3v) is 4.27. The van der Waals surface area contributed by atoms with Gasteiger partial charge >= 0.3 is 0 Å². The highest BCUT2D eigenvalue weighted by Gasteiger charge is 2.16. The topological polar surface area (TPSA) is 64.3 Å². The van der Waals surface area contributed by atoms with Gasteiger partial charge in [-0.1, -0.05) is 6.07 Å². The molecule has 20 heavy (non-hydrogen) atoms. The van der Waals surface area contributed by atoms with Crippen LogP contribution in [0.25, 0.3) is 0 Å². The van der Waals surface area contributed by atoms with Crippen LogP contribution in [0.3, 0.4) is 0 Å². The molecule has 0 unspecified atom stereocenters. The highest BCUT2D eigenvalue weighted by Crippen LogP contribution is 2.22. The van der Waals surface area contributed by atoms with Gasteiger partial charge in [0.2, 0.25) is 5.88 Å². The van der Waals surface area contributed by atoms with Gasteiger partial charge in [0, 0.05) is 17.5 Å². The normalized spacial score (nSPS) is 12.6. The minimum Gasteiger partial charge on any atom is -0.481 e. The highest BCUT2D eigenvalue weighted by molar-refractivity contribution is 7.09. The number of nitrogens with zero attached hydrogens (tertiary/aromatic N) is 3. The van der Waals surface area contributed by atoms with E-state index in [0.29, 0.717) is 24.3 Å². The van der Waals surface area contributed by atoms with Crippen LogP contribution >= 0.6 is 11.3 Å². The fourth-order valence-corrected chi connectivity index (χ4v) is 2.84. The number of thiophene rings is 1. The van der Waals surface area contributed by atoms with E-state index in [9.17, 15) is 0 Å². The Labute approximate surface area is 123 Å². The molecule has 0 aliphatic rings. The van der Waals surface area contributed by atoms with Gasteiger partial charge in [-0.05, 0) is 31.8 Å². The first-order valence-electron chi connectivity index (χ1n) is 6.47. The SMILES string of the molecule is COc1ncnc(N)c1CN(C)[C@@H](C)Cc1cccs1. The van der Waals surface area contributed by atoms with E-state index in [2.05, 4.69) is 46.4 Å². The second-order valence-corrected chi connectivity index (χ2v) is 5.83. The summed E-state index contributed by atoms with van der Waals surface area (Å²) >= 11 is 1.79. The summed E-state index contributed by atoms with van der Waals surface area (Å²) in [7, 11) is 3.67. The molecule has 0 aliphatic carbocycles. The van der Waals surface area contributed by atoms with Crippen molar-refractivity contribution in [3.63, 3.8) is 0 Å². The number of rotatable bonds is 6. The van der Waals surface area contributed by atoms with Crippen molar-refractivity contribution in [3.05, 3.63) is 34.3 Å². The van der Waals surface area contributed by atoms with Crippen molar-refractivity contribution < 1.29 is 4.74 Å². The first kappa shape index (κ1) is 14.7. The first-order valence-corrected chi connectivity index (χ1v) is 7.35. The molecule has 2 aromatic rings. The largest absolute Gasteiger partial charge is 0.481 e. The van der Waals surface area contributed by atoms with Crippen molar-refractivity contribution in [2.75, 3.05) is 19.9 Å². The molecule has 0 aliphatic heterocycles. The minimum atomic E-state index is 0.401. The van der Waals surface area contributed by atoms with Crippen LogP contribution in [0.5, 0.6) is 5.88 Å². The third kappa shape index (κ3) is 3.46.